The van der Waals surface area contributed by atoms with Gasteiger partial charge in [0.2, 0.25) is 0 Å². The summed E-state index contributed by atoms with van der Waals surface area (Å²) in [6, 6.07) is 20.2. The lowest BCUT2D eigenvalue weighted by molar-refractivity contribution is 0.0597. The van der Waals surface area contributed by atoms with Crippen LogP contribution in [-0.4, -0.2) is 25.2 Å². The highest BCUT2D eigenvalue weighted by Gasteiger charge is 2.25. The van der Waals surface area contributed by atoms with Crippen molar-refractivity contribution in [3.63, 3.8) is 0 Å². The third-order valence-electron chi connectivity index (χ3n) is 6.48. The van der Waals surface area contributed by atoms with Crippen LogP contribution in [0, 0.1) is 17.6 Å². The molecule has 3 aromatic carbocycles. The normalized spacial score (nSPS) is 12.4. The summed E-state index contributed by atoms with van der Waals surface area (Å²) in [4.78, 5) is 28.1. The first-order valence-corrected chi connectivity index (χ1v) is 12.3. The fourth-order valence-electron chi connectivity index (χ4n) is 4.52. The number of nitroso groups, excluding NO2 is 1. The highest BCUT2D eigenvalue weighted by molar-refractivity contribution is 6.30. The number of nitrogens with zero attached hydrogens (tertiary/aromatic N) is 2. The molecule has 4 aromatic rings. The number of aromatic nitrogens is 1. The third-order valence-corrected chi connectivity index (χ3v) is 6.72. The van der Waals surface area contributed by atoms with Crippen molar-refractivity contribution in [2.75, 3.05) is 14.2 Å². The minimum atomic E-state index is -0.702. The lowest BCUT2D eigenvalue weighted by atomic mass is 9.83. The van der Waals surface area contributed by atoms with Crippen LogP contribution in [0.5, 0.6) is 5.75 Å². The van der Waals surface area contributed by atoms with E-state index in [1.54, 1.807) is 42.6 Å². The first-order chi connectivity index (χ1) is 18.3. The molecule has 4 rings (SSSR count). The molecule has 0 amide bonds. The molecule has 38 heavy (non-hydrogen) atoms. The second-order valence-electron chi connectivity index (χ2n) is 8.83. The molecule has 0 aliphatic rings. The number of hydrogen-bond donors (Lipinski definition) is 0. The van der Waals surface area contributed by atoms with Crippen LogP contribution in [-0.2, 0) is 4.74 Å². The van der Waals surface area contributed by atoms with Gasteiger partial charge < -0.3 is 9.47 Å². The zero-order valence-electron chi connectivity index (χ0n) is 21.2. The standard InChI is InChI=1S/C30H26ClFN2O4/c1-18-14-22(12-13-33-18)28(34-36)17-26(24-11-9-23(31)16-27(24)32)20-6-4-19(5-7-20)21-8-10-25(30(35)38-3)29(15-21)37-2/h4-16,26,28H,17H2,1-3H3. The second-order valence-corrected chi connectivity index (χ2v) is 9.27. The van der Waals surface area contributed by atoms with Gasteiger partial charge in [-0.3, -0.25) is 4.98 Å². The molecule has 2 atom stereocenters. The molecule has 0 aliphatic carbocycles. The summed E-state index contributed by atoms with van der Waals surface area (Å²) in [5.74, 6) is -1.01. The van der Waals surface area contributed by atoms with Crippen LogP contribution in [0.1, 0.15) is 51.1 Å². The van der Waals surface area contributed by atoms with E-state index in [1.165, 1.54) is 20.3 Å². The predicted octanol–water partition coefficient (Wildman–Crippen LogP) is 7.67. The lowest BCUT2D eigenvalue weighted by Crippen LogP contribution is -2.09. The number of esters is 1. The number of aryl methyl sites for hydroxylation is 1. The Morgan fingerprint density at radius 3 is 2.34 bits per heavy atom. The Labute approximate surface area is 225 Å². The highest BCUT2D eigenvalue weighted by atomic mass is 35.5. The Balaban J connectivity index is 1.72. The van der Waals surface area contributed by atoms with Crippen LogP contribution in [0.4, 0.5) is 4.39 Å². The van der Waals surface area contributed by atoms with Crippen molar-refractivity contribution >= 4 is 17.6 Å². The van der Waals surface area contributed by atoms with Crippen LogP contribution in [0.25, 0.3) is 11.1 Å². The minimum absolute atomic E-state index is 0.256. The monoisotopic (exact) mass is 532 g/mol. The zero-order chi connectivity index (χ0) is 27.2. The number of hydrogen-bond acceptors (Lipinski definition) is 6. The summed E-state index contributed by atoms with van der Waals surface area (Å²) >= 11 is 6.01. The number of ether oxygens (including phenoxy) is 2. The lowest BCUT2D eigenvalue weighted by Gasteiger charge is -2.22. The number of halogens is 2. The fraction of sp³-hybridized carbons (Fsp3) is 0.200. The van der Waals surface area contributed by atoms with Crippen molar-refractivity contribution in [1.82, 2.24) is 4.98 Å². The van der Waals surface area contributed by atoms with Crippen molar-refractivity contribution in [2.24, 2.45) is 5.18 Å². The number of methoxy groups -OCH3 is 2. The van der Waals surface area contributed by atoms with Crippen molar-refractivity contribution in [2.45, 2.75) is 25.3 Å². The average Bonchev–Trinajstić information content (AvgIpc) is 2.93. The van der Waals surface area contributed by atoms with Gasteiger partial charge in [0.15, 0.2) is 0 Å². The molecule has 6 nitrogen and oxygen atoms in total. The van der Waals surface area contributed by atoms with Crippen molar-refractivity contribution in [1.29, 1.82) is 0 Å². The third kappa shape index (κ3) is 5.89. The highest BCUT2D eigenvalue weighted by Crippen LogP contribution is 2.38. The number of rotatable bonds is 9. The van der Waals surface area contributed by atoms with Gasteiger partial charge in [-0.05, 0) is 77.6 Å². The Morgan fingerprint density at radius 2 is 1.71 bits per heavy atom. The van der Waals surface area contributed by atoms with Crippen LogP contribution in [0.3, 0.4) is 0 Å². The van der Waals surface area contributed by atoms with Crippen molar-refractivity contribution in [3.8, 4) is 16.9 Å². The van der Waals surface area contributed by atoms with Gasteiger partial charge in [0.25, 0.3) is 0 Å². The van der Waals surface area contributed by atoms with Crippen LogP contribution < -0.4 is 4.74 Å². The zero-order valence-corrected chi connectivity index (χ0v) is 21.9. The molecule has 0 aliphatic heterocycles. The van der Waals surface area contributed by atoms with E-state index in [1.807, 2.05) is 37.3 Å². The van der Waals surface area contributed by atoms with E-state index in [4.69, 9.17) is 21.1 Å². The molecule has 0 bridgehead atoms. The van der Waals surface area contributed by atoms with Gasteiger partial charge >= 0.3 is 5.97 Å². The molecule has 1 aromatic heterocycles. The Bertz CT molecular complexity index is 1460. The average molecular weight is 533 g/mol. The van der Waals surface area contributed by atoms with Gasteiger partial charge in [0.1, 0.15) is 23.2 Å². The molecule has 2 unspecified atom stereocenters. The van der Waals surface area contributed by atoms with Crippen LogP contribution in [0.2, 0.25) is 5.02 Å². The van der Waals surface area contributed by atoms with Crippen LogP contribution >= 0.6 is 11.6 Å². The van der Waals surface area contributed by atoms with Gasteiger partial charge in [-0.15, -0.1) is 0 Å². The van der Waals surface area contributed by atoms with E-state index in [2.05, 4.69) is 10.2 Å². The van der Waals surface area contributed by atoms with Gasteiger partial charge in [-0.1, -0.05) is 53.2 Å². The van der Waals surface area contributed by atoms with E-state index in [9.17, 15) is 9.70 Å². The van der Waals surface area contributed by atoms with E-state index < -0.39 is 23.7 Å². The summed E-state index contributed by atoms with van der Waals surface area (Å²) in [6.45, 7) is 1.84. The minimum Gasteiger partial charge on any atom is -0.496 e. The van der Waals surface area contributed by atoms with Crippen molar-refractivity contribution in [3.05, 3.63) is 123 Å². The van der Waals surface area contributed by atoms with Gasteiger partial charge in [0.05, 0.1) is 14.2 Å². The molecule has 194 valence electrons. The molecule has 0 saturated heterocycles. The molecule has 0 fully saturated rings. The maximum absolute atomic E-state index is 15.1. The summed E-state index contributed by atoms with van der Waals surface area (Å²) in [5.41, 5.74) is 4.75. The summed E-state index contributed by atoms with van der Waals surface area (Å²) < 4.78 is 25.3. The molecule has 8 heteroatoms. The second kappa shape index (κ2) is 12.0. The Kier molecular flexibility index (Phi) is 8.48. The first kappa shape index (κ1) is 26.9. The summed E-state index contributed by atoms with van der Waals surface area (Å²) in [7, 11) is 2.80. The van der Waals surface area contributed by atoms with E-state index in [0.717, 1.165) is 27.9 Å². The summed E-state index contributed by atoms with van der Waals surface area (Å²) in [5, 5.41) is 3.66. The molecule has 0 spiro atoms. The SMILES string of the molecule is COC(=O)c1ccc(-c2ccc(C(CC(N=O)c3ccnc(C)c3)c3ccc(Cl)cc3F)cc2)cc1OC. The fourth-order valence-corrected chi connectivity index (χ4v) is 4.68. The maximum atomic E-state index is 15.1. The quantitative estimate of drug-likeness (QED) is 0.163. The largest absolute Gasteiger partial charge is 0.496 e. The number of carbonyl (C=O) groups is 1. The number of benzene rings is 3. The molecular formula is C30H26ClFN2O4. The van der Waals surface area contributed by atoms with E-state index in [-0.39, 0.29) is 6.42 Å². The van der Waals surface area contributed by atoms with Crippen LogP contribution in [0.15, 0.2) is 84.2 Å². The summed E-state index contributed by atoms with van der Waals surface area (Å²) in [6.07, 6.45) is 1.89. The Hall–Kier alpha value is -4.10. The number of carbonyl (C=O) groups excluding carboxylic acids is 1. The van der Waals surface area contributed by atoms with E-state index >= 15 is 4.39 Å². The molecule has 0 radical (unpaired) electrons. The molecule has 0 N–H and O–H groups in total. The first-order valence-electron chi connectivity index (χ1n) is 11.9. The molecule has 0 saturated carbocycles. The maximum Gasteiger partial charge on any atom is 0.341 e. The molecular weight excluding hydrogens is 507 g/mol. The molecule has 1 heterocycles. The topological polar surface area (TPSA) is 77.9 Å². The van der Waals surface area contributed by atoms with Gasteiger partial charge in [-0.25, -0.2) is 9.18 Å². The predicted molar refractivity (Wildman–Crippen MR) is 145 cm³/mol. The number of pyridine rings is 1. The van der Waals surface area contributed by atoms with E-state index in [0.29, 0.717) is 21.9 Å². The van der Waals surface area contributed by atoms with Gasteiger partial charge in [0, 0.05) is 22.8 Å². The smallest absolute Gasteiger partial charge is 0.341 e. The van der Waals surface area contributed by atoms with Crippen molar-refractivity contribution < 1.29 is 18.7 Å². The Morgan fingerprint density at radius 1 is 0.974 bits per heavy atom. The van der Waals surface area contributed by atoms with Gasteiger partial charge in [-0.2, -0.15) is 4.91 Å².